The number of hydrogen-bond acceptors (Lipinski definition) is 0. The van der Waals surface area contributed by atoms with Gasteiger partial charge >= 0.3 is 37.7 Å². The van der Waals surface area contributed by atoms with Crippen LogP contribution in [0.25, 0.3) is 0 Å². The van der Waals surface area contributed by atoms with Gasteiger partial charge in [0.2, 0.25) is 0 Å². The molecule has 0 aliphatic carbocycles. The molecule has 0 aromatic rings. The molecule has 1 radical (unpaired) electrons. The molecule has 0 aliphatic heterocycles. The average molecular weight is 290 g/mol. The van der Waals surface area contributed by atoms with Crippen LogP contribution in [0.15, 0.2) is 0 Å². The van der Waals surface area contributed by atoms with Gasteiger partial charge in [0.25, 0.3) is 0 Å². The van der Waals surface area contributed by atoms with Gasteiger partial charge in [-0.2, -0.15) is 0 Å². The van der Waals surface area contributed by atoms with Crippen molar-refractivity contribution in [2.75, 3.05) is 0 Å². The van der Waals surface area contributed by atoms with Crippen molar-refractivity contribution in [2.45, 2.75) is 0 Å². The minimum atomic E-state index is 0. The summed E-state index contributed by atoms with van der Waals surface area (Å²) < 4.78 is 0. The van der Waals surface area contributed by atoms with Gasteiger partial charge in [-0.25, -0.2) is 0 Å². The predicted octanol–water partition coefficient (Wildman–Crippen LogP) is 1.11. The zero-order valence-electron chi connectivity index (χ0n) is 4.51. The molecule has 0 saturated carbocycles. The Labute approximate surface area is 111 Å². The molecule has 31 valence electrons. The molecule has 5 heavy (non-hydrogen) atoms. The van der Waals surface area contributed by atoms with Gasteiger partial charge in [-0.15, -0.1) is 37.2 Å². The predicted molar refractivity (Wildman–Crippen MR) is 29.7 cm³/mol. The molecule has 0 spiro atoms. The van der Waals surface area contributed by atoms with Crippen LogP contribution in [0.3, 0.4) is 0 Å². The van der Waals surface area contributed by atoms with E-state index in [0.29, 0.717) is 0 Å². The minimum Gasteiger partial charge on any atom is -1.00 e. The topological polar surface area (TPSA) is 0 Å². The number of rotatable bonds is 0. The first-order valence-electron chi connectivity index (χ1n) is 0. The second-order valence-electron chi connectivity index (χ2n) is 0. The molecule has 0 aromatic heterocycles. The van der Waals surface area contributed by atoms with Crippen LogP contribution in [-0.4, -0.2) is 37.7 Å². The number of hydrogen-bond donors (Lipinski definition) is 0. The quantitative estimate of drug-likeness (QED) is 0.586. The molecule has 0 unspecified atom stereocenters. The van der Waals surface area contributed by atoms with Gasteiger partial charge in [0.05, 0.1) is 0 Å². The molecule has 0 aliphatic rings. The molecular formula is H5CaCl3La. The summed E-state index contributed by atoms with van der Waals surface area (Å²) in [4.78, 5) is 0. The first-order chi connectivity index (χ1) is 0. The maximum Gasteiger partial charge on any atom is 2.00 e. The fourth-order valence-corrected chi connectivity index (χ4v) is 0. The average Bonchev–Trinajstić information content (AvgIpc) is 0. The van der Waals surface area contributed by atoms with Gasteiger partial charge in [0.15, 0.2) is 0 Å². The number of halogens is 3. The van der Waals surface area contributed by atoms with Crippen LogP contribution in [0.2, 0.25) is 0 Å². The van der Waals surface area contributed by atoms with Crippen LogP contribution in [-0.2, 0) is 0 Å². The van der Waals surface area contributed by atoms with Crippen LogP contribution < -0.4 is 0 Å². The Morgan fingerprint density at radius 2 is 0.800 bits per heavy atom. The zero-order valence-corrected chi connectivity index (χ0v) is 10.8. The van der Waals surface area contributed by atoms with Crippen molar-refractivity contribution in [1.82, 2.24) is 0 Å². The third kappa shape index (κ3) is 18.8. The molecule has 0 aromatic carbocycles. The largest absolute Gasteiger partial charge is 2.00 e. The van der Waals surface area contributed by atoms with Crippen molar-refractivity contribution in [1.29, 1.82) is 0 Å². The molecule has 0 N–H and O–H groups in total. The molecule has 0 heterocycles. The molecule has 0 rings (SSSR count). The monoisotopic (exact) mass is 289 g/mol. The van der Waals surface area contributed by atoms with E-state index in [1.165, 1.54) is 0 Å². The van der Waals surface area contributed by atoms with E-state index >= 15 is 0 Å². The molecule has 0 saturated heterocycles. The molecule has 0 amide bonds. The standard InChI is InChI=1S/Ca.3ClH.La.2H/h;3*1H;;;/q+2;;;;;2*-1. The van der Waals surface area contributed by atoms with Crippen molar-refractivity contribution in [3.05, 3.63) is 0 Å². The van der Waals surface area contributed by atoms with Crippen molar-refractivity contribution >= 4 is 75.0 Å². The van der Waals surface area contributed by atoms with E-state index in [4.69, 9.17) is 0 Å². The van der Waals surface area contributed by atoms with E-state index < -0.39 is 0 Å². The molecule has 0 fully saturated rings. The van der Waals surface area contributed by atoms with E-state index in [1.807, 2.05) is 0 Å². The Hall–Kier alpha value is 3.32. The van der Waals surface area contributed by atoms with Crippen LogP contribution in [0, 0.1) is 35.6 Å². The van der Waals surface area contributed by atoms with E-state index in [1.54, 1.807) is 0 Å². The van der Waals surface area contributed by atoms with Gasteiger partial charge in [-0.1, -0.05) is 0 Å². The van der Waals surface area contributed by atoms with E-state index in [-0.39, 0.29) is 113 Å². The maximum atomic E-state index is 0. The molecular weight excluding hydrogens is 285 g/mol. The van der Waals surface area contributed by atoms with E-state index in [9.17, 15) is 0 Å². The molecule has 5 heteroatoms. The maximum absolute atomic E-state index is 0. The van der Waals surface area contributed by atoms with Crippen molar-refractivity contribution < 1.29 is 38.5 Å². The zero-order chi connectivity index (χ0) is 0. The van der Waals surface area contributed by atoms with Crippen LogP contribution in [0.5, 0.6) is 0 Å². The van der Waals surface area contributed by atoms with E-state index in [0.717, 1.165) is 0 Å². The summed E-state index contributed by atoms with van der Waals surface area (Å²) >= 11 is 0. The van der Waals surface area contributed by atoms with Crippen LogP contribution in [0.4, 0.5) is 0 Å². The minimum absolute atomic E-state index is 0. The first-order valence-corrected chi connectivity index (χ1v) is 0. The SMILES string of the molecule is Cl.Cl.Cl.[Ca+2].[H-].[H-].[La]. The van der Waals surface area contributed by atoms with Gasteiger partial charge in [0.1, 0.15) is 0 Å². The second kappa shape index (κ2) is 26.5. The van der Waals surface area contributed by atoms with Crippen molar-refractivity contribution in [3.8, 4) is 0 Å². The summed E-state index contributed by atoms with van der Waals surface area (Å²) in [7, 11) is 0. The smallest absolute Gasteiger partial charge is 1.00 e. The Bertz CT molecular complexity index is 12.9. The van der Waals surface area contributed by atoms with Gasteiger partial charge < -0.3 is 2.85 Å². The first kappa shape index (κ1) is 40.4. The van der Waals surface area contributed by atoms with E-state index in [2.05, 4.69) is 0 Å². The third-order valence-corrected chi connectivity index (χ3v) is 0. The summed E-state index contributed by atoms with van der Waals surface area (Å²) in [5.41, 5.74) is 0. The summed E-state index contributed by atoms with van der Waals surface area (Å²) in [6.07, 6.45) is 0. The van der Waals surface area contributed by atoms with Gasteiger partial charge in [-0.05, 0) is 0 Å². The van der Waals surface area contributed by atoms with Crippen molar-refractivity contribution in [3.63, 3.8) is 0 Å². The summed E-state index contributed by atoms with van der Waals surface area (Å²) in [5, 5.41) is 0. The third-order valence-electron chi connectivity index (χ3n) is 0. The Morgan fingerprint density at radius 3 is 0.800 bits per heavy atom. The Morgan fingerprint density at radius 1 is 0.800 bits per heavy atom. The molecule has 0 bridgehead atoms. The Kier molecular flexibility index (Phi) is 214. The summed E-state index contributed by atoms with van der Waals surface area (Å²) in [6.45, 7) is 0. The van der Waals surface area contributed by atoms with Gasteiger partial charge in [0, 0.05) is 35.6 Å². The normalized spacial score (nSPS) is 0. The van der Waals surface area contributed by atoms with Crippen LogP contribution in [0.1, 0.15) is 2.85 Å². The molecule has 0 atom stereocenters. The summed E-state index contributed by atoms with van der Waals surface area (Å²) in [5.74, 6) is 0. The Balaban J connectivity index is 0. The van der Waals surface area contributed by atoms with Crippen molar-refractivity contribution in [2.24, 2.45) is 0 Å². The van der Waals surface area contributed by atoms with Gasteiger partial charge in [-0.3, -0.25) is 0 Å². The summed E-state index contributed by atoms with van der Waals surface area (Å²) in [6, 6.07) is 0. The second-order valence-corrected chi connectivity index (χ2v) is 0. The van der Waals surface area contributed by atoms with Crippen LogP contribution >= 0.6 is 37.2 Å². The molecule has 0 nitrogen and oxygen atoms in total. The fraction of sp³-hybridized carbons (Fsp3) is 0. The fourth-order valence-electron chi connectivity index (χ4n) is 0.